The Labute approximate surface area is 95.6 Å². The minimum Gasteiger partial charge on any atom is -0.480 e. The summed E-state index contributed by atoms with van der Waals surface area (Å²) in [6.07, 6.45) is 2.72. The zero-order valence-corrected chi connectivity index (χ0v) is 9.88. The van der Waals surface area contributed by atoms with Crippen LogP contribution in [0, 0.1) is 5.92 Å². The number of amides is 2. The van der Waals surface area contributed by atoms with Gasteiger partial charge in [-0.2, -0.15) is 0 Å². The van der Waals surface area contributed by atoms with E-state index >= 15 is 0 Å². The lowest BCUT2D eigenvalue weighted by Crippen LogP contribution is -2.58. The average Bonchev–Trinajstić information content (AvgIpc) is 2.22. The first-order valence-corrected chi connectivity index (χ1v) is 5.79. The van der Waals surface area contributed by atoms with Crippen LogP contribution in [0.15, 0.2) is 0 Å². The Morgan fingerprint density at radius 1 is 1.38 bits per heavy atom. The second kappa shape index (κ2) is 5.18. The highest BCUT2D eigenvalue weighted by Crippen LogP contribution is 2.32. The fourth-order valence-corrected chi connectivity index (χ4v) is 2.07. The molecule has 0 aromatic carbocycles. The van der Waals surface area contributed by atoms with Crippen LogP contribution in [0.25, 0.3) is 0 Å². The molecule has 0 aliphatic heterocycles. The minimum absolute atomic E-state index is 0.389. The van der Waals surface area contributed by atoms with E-state index in [1.54, 1.807) is 6.92 Å². The van der Waals surface area contributed by atoms with Crippen molar-refractivity contribution in [1.82, 2.24) is 10.6 Å². The Kier molecular flexibility index (Phi) is 4.15. The van der Waals surface area contributed by atoms with E-state index in [4.69, 9.17) is 0 Å². The molecule has 1 rings (SSSR count). The van der Waals surface area contributed by atoms with Gasteiger partial charge in [-0.15, -0.1) is 0 Å². The van der Waals surface area contributed by atoms with E-state index < -0.39 is 11.5 Å². The second-order valence-corrected chi connectivity index (χ2v) is 4.55. The molecule has 0 aromatic heterocycles. The molecule has 1 aliphatic carbocycles. The predicted octanol–water partition coefficient (Wildman–Crippen LogP) is 1.34. The fourth-order valence-electron chi connectivity index (χ4n) is 2.07. The number of hydrogen-bond acceptors (Lipinski definition) is 2. The van der Waals surface area contributed by atoms with E-state index in [0.29, 0.717) is 25.3 Å². The van der Waals surface area contributed by atoms with Gasteiger partial charge < -0.3 is 15.7 Å². The molecule has 3 N–H and O–H groups in total. The predicted molar refractivity (Wildman–Crippen MR) is 60.2 cm³/mol. The van der Waals surface area contributed by atoms with Crippen molar-refractivity contribution in [2.45, 2.75) is 45.1 Å². The van der Waals surface area contributed by atoms with E-state index in [2.05, 4.69) is 17.6 Å². The third kappa shape index (κ3) is 2.87. The third-order valence-electron chi connectivity index (χ3n) is 3.23. The molecule has 5 nitrogen and oxygen atoms in total. The van der Waals surface area contributed by atoms with Gasteiger partial charge in [-0.3, -0.25) is 0 Å². The highest BCUT2D eigenvalue weighted by Gasteiger charge is 2.42. The van der Waals surface area contributed by atoms with Crippen molar-refractivity contribution in [2.24, 2.45) is 5.92 Å². The number of hydrogen-bond donors (Lipinski definition) is 3. The second-order valence-electron chi connectivity index (χ2n) is 4.55. The van der Waals surface area contributed by atoms with Crippen LogP contribution in [0.1, 0.15) is 39.5 Å². The van der Waals surface area contributed by atoms with Gasteiger partial charge in [0.05, 0.1) is 0 Å². The molecule has 5 heteroatoms. The highest BCUT2D eigenvalue weighted by atomic mass is 16.4. The van der Waals surface area contributed by atoms with Gasteiger partial charge in [-0.25, -0.2) is 9.59 Å². The molecular weight excluding hydrogens is 208 g/mol. The topological polar surface area (TPSA) is 78.4 Å². The standard InChI is InChI=1S/C11H20N2O3/c1-3-12-10(16)13-11(9(14)15)6-4-8(2)5-7-11/h8H,3-7H2,1-2H3,(H,14,15)(H2,12,13,16). The molecule has 0 spiro atoms. The lowest BCUT2D eigenvalue weighted by Gasteiger charge is -2.36. The van der Waals surface area contributed by atoms with Crippen LogP contribution in [0.2, 0.25) is 0 Å². The van der Waals surface area contributed by atoms with Gasteiger partial charge >= 0.3 is 12.0 Å². The number of urea groups is 1. The van der Waals surface area contributed by atoms with Crippen LogP contribution in [-0.2, 0) is 4.79 Å². The zero-order valence-electron chi connectivity index (χ0n) is 9.88. The minimum atomic E-state index is -1.06. The van der Waals surface area contributed by atoms with Crippen LogP contribution in [0.4, 0.5) is 4.79 Å². The molecule has 0 saturated heterocycles. The summed E-state index contributed by atoms with van der Waals surface area (Å²) in [5.74, 6) is -0.380. The Hall–Kier alpha value is -1.26. The molecule has 0 bridgehead atoms. The molecule has 1 fully saturated rings. The first kappa shape index (κ1) is 12.8. The molecule has 1 aliphatic rings. The normalized spacial score (nSPS) is 29.5. The lowest BCUT2D eigenvalue weighted by molar-refractivity contribution is -0.146. The van der Waals surface area contributed by atoms with E-state index in [1.807, 2.05) is 0 Å². The number of carbonyl (C=O) groups excluding carboxylic acids is 1. The molecule has 0 heterocycles. The summed E-state index contributed by atoms with van der Waals surface area (Å²) in [4.78, 5) is 22.7. The number of aliphatic carboxylic acids is 1. The molecule has 1 saturated carbocycles. The molecule has 0 unspecified atom stereocenters. The van der Waals surface area contributed by atoms with Gasteiger partial charge in [0.1, 0.15) is 5.54 Å². The summed E-state index contributed by atoms with van der Waals surface area (Å²) in [5.41, 5.74) is -1.06. The maximum atomic E-state index is 11.4. The molecular formula is C11H20N2O3. The van der Waals surface area contributed by atoms with Crippen molar-refractivity contribution >= 4 is 12.0 Å². The highest BCUT2D eigenvalue weighted by molar-refractivity contribution is 5.86. The van der Waals surface area contributed by atoms with E-state index in [-0.39, 0.29) is 6.03 Å². The van der Waals surface area contributed by atoms with E-state index in [1.165, 1.54) is 0 Å². The van der Waals surface area contributed by atoms with Gasteiger partial charge in [-0.05, 0) is 38.5 Å². The van der Waals surface area contributed by atoms with Crippen molar-refractivity contribution in [3.63, 3.8) is 0 Å². The largest absolute Gasteiger partial charge is 0.480 e. The van der Waals surface area contributed by atoms with Crippen molar-refractivity contribution in [3.05, 3.63) is 0 Å². The molecule has 0 atom stereocenters. The van der Waals surface area contributed by atoms with Crippen LogP contribution >= 0.6 is 0 Å². The molecule has 0 radical (unpaired) electrons. The summed E-state index contributed by atoms with van der Waals surface area (Å²) in [5, 5.41) is 14.4. The maximum absolute atomic E-state index is 11.4. The Balaban J connectivity index is 2.66. The molecule has 92 valence electrons. The SMILES string of the molecule is CCNC(=O)NC1(C(=O)O)CCC(C)CC1. The van der Waals surface area contributed by atoms with Gasteiger partial charge in [0.2, 0.25) is 0 Å². The smallest absolute Gasteiger partial charge is 0.329 e. The zero-order chi connectivity index (χ0) is 12.2. The summed E-state index contributed by atoms with van der Waals surface area (Å²) in [6, 6.07) is -0.389. The lowest BCUT2D eigenvalue weighted by atomic mass is 9.77. The quantitative estimate of drug-likeness (QED) is 0.682. The van der Waals surface area contributed by atoms with Crippen LogP contribution in [-0.4, -0.2) is 29.2 Å². The number of nitrogens with one attached hydrogen (secondary N) is 2. The van der Waals surface area contributed by atoms with Gasteiger partial charge in [0.25, 0.3) is 0 Å². The van der Waals surface area contributed by atoms with Crippen molar-refractivity contribution in [3.8, 4) is 0 Å². The first-order valence-electron chi connectivity index (χ1n) is 5.79. The molecule has 0 aromatic rings. The van der Waals surface area contributed by atoms with Gasteiger partial charge in [0, 0.05) is 6.54 Å². The van der Waals surface area contributed by atoms with Crippen LogP contribution < -0.4 is 10.6 Å². The van der Waals surface area contributed by atoms with E-state index in [0.717, 1.165) is 12.8 Å². The van der Waals surface area contributed by atoms with Gasteiger partial charge in [-0.1, -0.05) is 6.92 Å². The number of carboxylic acid groups (broad SMARTS) is 1. The average molecular weight is 228 g/mol. The first-order chi connectivity index (χ1) is 7.50. The molecule has 16 heavy (non-hydrogen) atoms. The van der Waals surface area contributed by atoms with Crippen molar-refractivity contribution in [2.75, 3.05) is 6.54 Å². The fraction of sp³-hybridized carbons (Fsp3) is 0.818. The summed E-state index contributed by atoms with van der Waals surface area (Å²) in [7, 11) is 0. The summed E-state index contributed by atoms with van der Waals surface area (Å²) < 4.78 is 0. The van der Waals surface area contributed by atoms with Crippen molar-refractivity contribution in [1.29, 1.82) is 0 Å². The van der Waals surface area contributed by atoms with Crippen LogP contribution in [0.3, 0.4) is 0 Å². The maximum Gasteiger partial charge on any atom is 0.329 e. The van der Waals surface area contributed by atoms with Crippen LogP contribution in [0.5, 0.6) is 0 Å². The summed E-state index contributed by atoms with van der Waals surface area (Å²) >= 11 is 0. The Bertz CT molecular complexity index is 270. The summed E-state index contributed by atoms with van der Waals surface area (Å²) in [6.45, 7) is 4.41. The number of carbonyl (C=O) groups is 2. The number of rotatable bonds is 3. The Morgan fingerprint density at radius 2 is 1.94 bits per heavy atom. The monoisotopic (exact) mass is 228 g/mol. The van der Waals surface area contributed by atoms with Crippen molar-refractivity contribution < 1.29 is 14.7 Å². The molecule has 2 amide bonds. The third-order valence-corrected chi connectivity index (χ3v) is 3.23. The number of carboxylic acids is 1. The van der Waals surface area contributed by atoms with Gasteiger partial charge in [0.15, 0.2) is 0 Å². The Morgan fingerprint density at radius 3 is 2.38 bits per heavy atom. The van der Waals surface area contributed by atoms with E-state index in [9.17, 15) is 14.7 Å².